The van der Waals surface area contributed by atoms with Crippen molar-refractivity contribution in [3.63, 3.8) is 0 Å². The first-order valence-corrected chi connectivity index (χ1v) is 12.6. The molecule has 0 aromatic carbocycles. The fourth-order valence-corrected chi connectivity index (χ4v) is 5.04. The van der Waals surface area contributed by atoms with Gasteiger partial charge in [0.15, 0.2) is 0 Å². The zero-order valence-electron chi connectivity index (χ0n) is 23.2. The summed E-state index contributed by atoms with van der Waals surface area (Å²) in [5, 5.41) is 9.94. The van der Waals surface area contributed by atoms with Gasteiger partial charge in [-0.3, -0.25) is 0 Å². The highest BCUT2D eigenvalue weighted by molar-refractivity contribution is 5.87. The molecule has 3 heterocycles. The summed E-state index contributed by atoms with van der Waals surface area (Å²) in [6, 6.07) is 4.53. The molecule has 1 fully saturated rings. The summed E-state index contributed by atoms with van der Waals surface area (Å²) < 4.78 is 0. The fourth-order valence-electron chi connectivity index (χ4n) is 5.04. The van der Waals surface area contributed by atoms with Crippen LogP contribution >= 0.6 is 0 Å². The van der Waals surface area contributed by atoms with Gasteiger partial charge >= 0.3 is 0 Å². The van der Waals surface area contributed by atoms with Gasteiger partial charge in [-0.05, 0) is 57.4 Å². The standard InChI is InChI=1S/C17H22N6.C13H22/c1-12-6-9-23(13(2)4-7-18)10-15(12)22(3)17-14-5-8-19-16(14)20-11-21-17;1-10(2)8-13(7,12(5)6)9-11(3)4/h5,8,11-12,15H,2,4,6,9-10H2,1,3H3,(H,19,20,21);1,3,5,8-9H2,2,4,6-7H3/t12-,15+;/m1./s1. The molecule has 2 aromatic heterocycles. The van der Waals surface area contributed by atoms with Crippen LogP contribution in [0.15, 0.2) is 67.3 Å². The third kappa shape index (κ3) is 7.34. The van der Waals surface area contributed by atoms with Gasteiger partial charge in [0.2, 0.25) is 0 Å². The van der Waals surface area contributed by atoms with Crippen LogP contribution in [0.2, 0.25) is 0 Å². The lowest BCUT2D eigenvalue weighted by Crippen LogP contribution is -2.50. The number of likely N-dealkylation sites (N-methyl/N-ethyl adjacent to an activating group) is 1. The van der Waals surface area contributed by atoms with E-state index in [0.29, 0.717) is 18.4 Å². The summed E-state index contributed by atoms with van der Waals surface area (Å²) in [6.45, 7) is 28.6. The molecule has 0 bridgehead atoms. The molecule has 2 atom stereocenters. The Morgan fingerprint density at radius 2 is 1.83 bits per heavy atom. The minimum atomic E-state index is 0.150. The first kappa shape index (κ1) is 28.9. The number of hydrogen-bond acceptors (Lipinski definition) is 5. The van der Waals surface area contributed by atoms with Crippen molar-refractivity contribution in [1.82, 2.24) is 19.9 Å². The Hall–Kier alpha value is -3.33. The van der Waals surface area contributed by atoms with E-state index in [2.05, 4.69) is 98.8 Å². The van der Waals surface area contributed by atoms with Crippen molar-refractivity contribution >= 4 is 16.9 Å². The largest absolute Gasteiger partial charge is 0.372 e. The van der Waals surface area contributed by atoms with Gasteiger partial charge in [-0.15, -0.1) is 13.2 Å². The average molecular weight is 489 g/mol. The van der Waals surface area contributed by atoms with E-state index < -0.39 is 0 Å². The number of nitriles is 1. The highest BCUT2D eigenvalue weighted by Crippen LogP contribution is 2.38. The molecule has 0 spiro atoms. The molecule has 6 nitrogen and oxygen atoms in total. The number of nitrogens with one attached hydrogen (secondary N) is 1. The first-order chi connectivity index (χ1) is 16.9. The molecule has 1 saturated heterocycles. The van der Waals surface area contributed by atoms with Crippen molar-refractivity contribution in [2.45, 2.75) is 66.3 Å². The molecule has 1 aliphatic heterocycles. The zero-order chi connectivity index (χ0) is 27.0. The molecule has 0 radical (unpaired) electrons. The summed E-state index contributed by atoms with van der Waals surface area (Å²) in [6.07, 6.45) is 6.98. The topological polar surface area (TPSA) is 71.8 Å². The molecule has 0 aliphatic carbocycles. The highest BCUT2D eigenvalue weighted by Gasteiger charge is 2.31. The van der Waals surface area contributed by atoms with Gasteiger partial charge in [0.1, 0.15) is 17.8 Å². The number of fused-ring (bicyclic) bond motifs is 1. The van der Waals surface area contributed by atoms with Crippen LogP contribution in [-0.4, -0.2) is 46.0 Å². The Balaban J connectivity index is 0.000000302. The fraction of sp³-hybridized carbons (Fsp3) is 0.500. The molecule has 194 valence electrons. The maximum atomic E-state index is 8.90. The first-order valence-electron chi connectivity index (χ1n) is 12.6. The third-order valence-corrected chi connectivity index (χ3v) is 7.23. The SMILES string of the molecule is C=C(C)CC(C)(CC(=C)C)C(=C)C.C=C(CC#N)N1CC[C@@H](C)[C@@H](N(C)c2ncnc3[nH]ccc23)C1. The molecular formula is C30H44N6. The summed E-state index contributed by atoms with van der Waals surface area (Å²) >= 11 is 0. The molecule has 0 saturated carbocycles. The minimum Gasteiger partial charge on any atom is -0.372 e. The van der Waals surface area contributed by atoms with E-state index in [0.717, 1.165) is 54.9 Å². The summed E-state index contributed by atoms with van der Waals surface area (Å²) in [5.41, 5.74) is 5.57. The van der Waals surface area contributed by atoms with Crippen molar-refractivity contribution in [3.05, 3.63) is 67.3 Å². The Bertz CT molecular complexity index is 1120. The summed E-state index contributed by atoms with van der Waals surface area (Å²) in [5.74, 6) is 1.50. The number of aromatic nitrogens is 3. The van der Waals surface area contributed by atoms with Crippen LogP contribution < -0.4 is 4.90 Å². The molecule has 2 aromatic rings. The van der Waals surface area contributed by atoms with E-state index in [1.54, 1.807) is 6.33 Å². The van der Waals surface area contributed by atoms with Crippen molar-refractivity contribution < 1.29 is 0 Å². The van der Waals surface area contributed by atoms with Gasteiger partial charge < -0.3 is 14.8 Å². The van der Waals surface area contributed by atoms with Crippen LogP contribution in [0, 0.1) is 22.7 Å². The lowest BCUT2D eigenvalue weighted by atomic mass is 9.74. The van der Waals surface area contributed by atoms with Crippen LogP contribution in [-0.2, 0) is 0 Å². The van der Waals surface area contributed by atoms with E-state index in [-0.39, 0.29) is 5.41 Å². The second-order valence-electron chi connectivity index (χ2n) is 10.8. The molecule has 1 N–H and O–H groups in total. The van der Waals surface area contributed by atoms with Crippen LogP contribution in [0.25, 0.3) is 11.0 Å². The monoisotopic (exact) mass is 488 g/mol. The van der Waals surface area contributed by atoms with Crippen LogP contribution in [0.1, 0.15) is 60.3 Å². The van der Waals surface area contributed by atoms with Crippen molar-refractivity contribution in [3.8, 4) is 6.07 Å². The summed E-state index contributed by atoms with van der Waals surface area (Å²) in [7, 11) is 2.09. The van der Waals surface area contributed by atoms with Crippen molar-refractivity contribution in [1.29, 1.82) is 5.26 Å². The maximum Gasteiger partial charge on any atom is 0.142 e. The minimum absolute atomic E-state index is 0.150. The number of likely N-dealkylation sites (tertiary alicyclic amines) is 1. The number of nitrogens with zero attached hydrogens (tertiary/aromatic N) is 5. The Morgan fingerprint density at radius 3 is 2.39 bits per heavy atom. The molecular weight excluding hydrogens is 444 g/mol. The van der Waals surface area contributed by atoms with Gasteiger partial charge in [0.25, 0.3) is 0 Å². The van der Waals surface area contributed by atoms with Gasteiger partial charge in [-0.2, -0.15) is 5.26 Å². The van der Waals surface area contributed by atoms with Gasteiger partial charge in [-0.1, -0.05) is 43.7 Å². The van der Waals surface area contributed by atoms with E-state index in [9.17, 15) is 0 Å². The molecule has 0 amide bonds. The second-order valence-corrected chi connectivity index (χ2v) is 10.8. The lowest BCUT2D eigenvalue weighted by Gasteiger charge is -2.43. The van der Waals surface area contributed by atoms with E-state index in [1.165, 1.54) is 16.7 Å². The molecule has 36 heavy (non-hydrogen) atoms. The average Bonchev–Trinajstić information content (AvgIpc) is 3.27. The molecule has 3 rings (SSSR count). The number of rotatable bonds is 9. The van der Waals surface area contributed by atoms with Crippen LogP contribution in [0.3, 0.4) is 0 Å². The number of aromatic amines is 1. The quantitative estimate of drug-likeness (QED) is 0.384. The molecule has 1 aliphatic rings. The van der Waals surface area contributed by atoms with Crippen LogP contribution in [0.4, 0.5) is 5.82 Å². The maximum absolute atomic E-state index is 8.90. The van der Waals surface area contributed by atoms with Crippen molar-refractivity contribution in [2.24, 2.45) is 11.3 Å². The highest BCUT2D eigenvalue weighted by atomic mass is 15.3. The van der Waals surface area contributed by atoms with Gasteiger partial charge in [-0.25, -0.2) is 9.97 Å². The molecule has 6 heteroatoms. The Kier molecular flexibility index (Phi) is 10.1. The van der Waals surface area contributed by atoms with Gasteiger partial charge in [0, 0.05) is 32.0 Å². The Morgan fingerprint density at radius 1 is 1.19 bits per heavy atom. The number of piperidine rings is 1. The van der Waals surface area contributed by atoms with Gasteiger partial charge in [0.05, 0.1) is 23.9 Å². The van der Waals surface area contributed by atoms with Crippen molar-refractivity contribution in [2.75, 3.05) is 25.0 Å². The summed E-state index contributed by atoms with van der Waals surface area (Å²) in [4.78, 5) is 16.4. The number of anilines is 1. The second kappa shape index (κ2) is 12.6. The smallest absolute Gasteiger partial charge is 0.142 e. The number of allylic oxidation sites excluding steroid dienone is 4. The van der Waals surface area contributed by atoms with E-state index >= 15 is 0 Å². The third-order valence-electron chi connectivity index (χ3n) is 7.23. The van der Waals surface area contributed by atoms with Crippen LogP contribution in [0.5, 0.6) is 0 Å². The zero-order valence-corrected chi connectivity index (χ0v) is 23.2. The lowest BCUT2D eigenvalue weighted by molar-refractivity contribution is 0.202. The predicted octanol–water partition coefficient (Wildman–Crippen LogP) is 7.03. The Labute approximate surface area is 218 Å². The normalized spacial score (nSPS) is 17.5. The number of H-pyrrole nitrogens is 1. The molecule has 0 unspecified atom stereocenters. The number of hydrogen-bond donors (Lipinski definition) is 1. The van der Waals surface area contributed by atoms with E-state index in [1.807, 2.05) is 12.3 Å². The predicted molar refractivity (Wildman–Crippen MR) is 153 cm³/mol. The van der Waals surface area contributed by atoms with E-state index in [4.69, 9.17) is 5.26 Å².